The Hall–Kier alpha value is -2.35. The van der Waals surface area contributed by atoms with Crippen molar-refractivity contribution in [2.75, 3.05) is 6.26 Å². The Morgan fingerprint density at radius 2 is 2.00 bits per heavy atom. The summed E-state index contributed by atoms with van der Waals surface area (Å²) in [5.41, 5.74) is -1.48. The van der Waals surface area contributed by atoms with Crippen LogP contribution in [0, 0.1) is 0 Å². The lowest BCUT2D eigenvalue weighted by atomic mass is 10.2. The Morgan fingerprint density at radius 1 is 1.32 bits per heavy atom. The van der Waals surface area contributed by atoms with E-state index >= 15 is 0 Å². The lowest BCUT2D eigenvalue weighted by Crippen LogP contribution is -2.13. The summed E-state index contributed by atoms with van der Waals surface area (Å²) >= 11 is 0. The Labute approximate surface area is 107 Å². The van der Waals surface area contributed by atoms with E-state index in [4.69, 9.17) is 9.52 Å². The molecule has 1 aromatic carbocycles. The Bertz CT molecular complexity index is 817. The lowest BCUT2D eigenvalue weighted by molar-refractivity contribution is 0.0692. The van der Waals surface area contributed by atoms with Crippen molar-refractivity contribution in [3.05, 3.63) is 40.2 Å². The highest BCUT2D eigenvalue weighted by atomic mass is 32.2. The molecule has 0 saturated carbocycles. The third kappa shape index (κ3) is 2.91. The number of hydrogen-bond acceptors (Lipinski definition) is 6. The van der Waals surface area contributed by atoms with Crippen molar-refractivity contribution in [1.82, 2.24) is 0 Å². The van der Waals surface area contributed by atoms with E-state index in [9.17, 15) is 18.0 Å². The zero-order valence-electron chi connectivity index (χ0n) is 9.61. The van der Waals surface area contributed by atoms with E-state index in [0.29, 0.717) is 5.39 Å². The normalized spacial score (nSPS) is 11.4. The van der Waals surface area contributed by atoms with Gasteiger partial charge in [-0.25, -0.2) is 9.59 Å². The number of benzene rings is 1. The van der Waals surface area contributed by atoms with Crippen LogP contribution in [-0.2, 0) is 10.1 Å². The van der Waals surface area contributed by atoms with Gasteiger partial charge in [0.2, 0.25) is 0 Å². The molecule has 0 aliphatic carbocycles. The molecule has 0 aliphatic heterocycles. The zero-order valence-corrected chi connectivity index (χ0v) is 10.4. The molecule has 8 heteroatoms. The van der Waals surface area contributed by atoms with Crippen molar-refractivity contribution in [2.24, 2.45) is 0 Å². The van der Waals surface area contributed by atoms with E-state index in [1.165, 1.54) is 18.2 Å². The molecule has 2 aromatic rings. The number of rotatable bonds is 3. The molecule has 2 rings (SSSR count). The summed E-state index contributed by atoms with van der Waals surface area (Å²) in [6.07, 6.45) is 0.876. The van der Waals surface area contributed by atoms with Gasteiger partial charge in [0, 0.05) is 11.5 Å². The van der Waals surface area contributed by atoms with Crippen LogP contribution >= 0.6 is 0 Å². The highest BCUT2D eigenvalue weighted by Gasteiger charge is 2.13. The highest BCUT2D eigenvalue weighted by molar-refractivity contribution is 7.86. The molecule has 0 spiro atoms. The smallest absolute Gasteiger partial charge is 0.351 e. The Balaban J connectivity index is 2.59. The second kappa shape index (κ2) is 4.39. The standard InChI is InChI=1S/C11H8O7S/c1-19(15,16)18-7-3-2-6-4-8(10(12)13)11(14)17-9(6)5-7/h2-5H,1H3,(H,12,13). The second-order valence-electron chi connectivity index (χ2n) is 3.74. The maximum atomic E-state index is 11.4. The first-order valence-corrected chi connectivity index (χ1v) is 6.78. The van der Waals surface area contributed by atoms with E-state index in [0.717, 1.165) is 12.3 Å². The van der Waals surface area contributed by atoms with Gasteiger partial charge in [-0.1, -0.05) is 0 Å². The fourth-order valence-electron chi connectivity index (χ4n) is 1.47. The summed E-state index contributed by atoms with van der Waals surface area (Å²) in [6, 6.07) is 5.07. The highest BCUT2D eigenvalue weighted by Crippen LogP contribution is 2.21. The van der Waals surface area contributed by atoms with Crippen LogP contribution in [0.15, 0.2) is 33.5 Å². The van der Waals surface area contributed by atoms with Gasteiger partial charge in [-0.3, -0.25) is 0 Å². The minimum atomic E-state index is -3.69. The largest absolute Gasteiger partial charge is 0.477 e. The number of hydrogen-bond donors (Lipinski definition) is 1. The van der Waals surface area contributed by atoms with E-state index in [-0.39, 0.29) is 11.3 Å². The van der Waals surface area contributed by atoms with Crippen molar-refractivity contribution in [1.29, 1.82) is 0 Å². The van der Waals surface area contributed by atoms with E-state index < -0.39 is 27.3 Å². The summed E-state index contributed by atoms with van der Waals surface area (Å²) in [6.45, 7) is 0. The van der Waals surface area contributed by atoms with Gasteiger partial charge >= 0.3 is 21.7 Å². The molecule has 0 bridgehead atoms. The van der Waals surface area contributed by atoms with E-state index in [1.54, 1.807) is 0 Å². The Kier molecular flexibility index (Phi) is 3.03. The maximum Gasteiger partial charge on any atom is 0.351 e. The van der Waals surface area contributed by atoms with Gasteiger partial charge in [0.15, 0.2) is 0 Å². The van der Waals surface area contributed by atoms with Crippen LogP contribution in [-0.4, -0.2) is 25.7 Å². The van der Waals surface area contributed by atoms with Gasteiger partial charge in [-0.05, 0) is 18.2 Å². The second-order valence-corrected chi connectivity index (χ2v) is 5.31. The molecule has 0 atom stereocenters. The minimum absolute atomic E-state index is 0.0266. The van der Waals surface area contributed by atoms with Crippen molar-refractivity contribution in [3.63, 3.8) is 0 Å². The van der Waals surface area contributed by atoms with Crippen LogP contribution in [0.1, 0.15) is 10.4 Å². The van der Waals surface area contributed by atoms with Crippen LogP contribution in [0.5, 0.6) is 5.75 Å². The number of carbonyl (C=O) groups is 1. The van der Waals surface area contributed by atoms with E-state index in [2.05, 4.69) is 4.18 Å². The van der Waals surface area contributed by atoms with Crippen molar-refractivity contribution in [3.8, 4) is 5.75 Å². The summed E-state index contributed by atoms with van der Waals surface area (Å²) in [7, 11) is -3.69. The van der Waals surface area contributed by atoms with Gasteiger partial charge < -0.3 is 13.7 Å². The number of aromatic carboxylic acids is 1. The molecule has 0 aliphatic rings. The molecule has 19 heavy (non-hydrogen) atoms. The number of carboxylic acid groups (broad SMARTS) is 1. The topological polar surface area (TPSA) is 111 Å². The van der Waals surface area contributed by atoms with Crippen molar-refractivity contribution in [2.45, 2.75) is 0 Å². The first-order valence-electron chi connectivity index (χ1n) is 4.97. The number of fused-ring (bicyclic) bond motifs is 1. The fraction of sp³-hybridized carbons (Fsp3) is 0.0909. The summed E-state index contributed by atoms with van der Waals surface area (Å²) in [4.78, 5) is 22.1. The monoisotopic (exact) mass is 284 g/mol. The van der Waals surface area contributed by atoms with Gasteiger partial charge in [-0.2, -0.15) is 8.42 Å². The fourth-order valence-corrected chi connectivity index (χ4v) is 1.92. The number of carboxylic acids is 1. The van der Waals surface area contributed by atoms with Gasteiger partial charge in [0.25, 0.3) is 0 Å². The minimum Gasteiger partial charge on any atom is -0.477 e. The van der Waals surface area contributed by atoms with Crippen LogP contribution < -0.4 is 9.81 Å². The molecule has 1 heterocycles. The molecular formula is C11H8O7S. The molecule has 0 radical (unpaired) electrons. The van der Waals surface area contributed by atoms with Crippen LogP contribution in [0.2, 0.25) is 0 Å². The summed E-state index contributed by atoms with van der Waals surface area (Å²) < 4.78 is 31.3. The van der Waals surface area contributed by atoms with Crippen LogP contribution in [0.4, 0.5) is 0 Å². The average Bonchev–Trinajstić information content (AvgIpc) is 2.25. The van der Waals surface area contributed by atoms with E-state index in [1.807, 2.05) is 0 Å². The first-order chi connectivity index (χ1) is 8.76. The first kappa shape index (κ1) is 13.1. The summed E-state index contributed by atoms with van der Waals surface area (Å²) in [5, 5.41) is 9.11. The molecule has 1 aromatic heterocycles. The predicted molar refractivity (Wildman–Crippen MR) is 64.9 cm³/mol. The molecule has 0 amide bonds. The zero-order chi connectivity index (χ0) is 14.2. The SMILES string of the molecule is CS(=O)(=O)Oc1ccc2cc(C(=O)O)c(=O)oc2c1. The molecule has 100 valence electrons. The third-order valence-electron chi connectivity index (χ3n) is 2.19. The van der Waals surface area contributed by atoms with Crippen molar-refractivity contribution < 1.29 is 26.9 Å². The van der Waals surface area contributed by atoms with Crippen molar-refractivity contribution >= 4 is 27.1 Å². The molecule has 0 unspecified atom stereocenters. The molecule has 7 nitrogen and oxygen atoms in total. The quantitative estimate of drug-likeness (QED) is 0.656. The molecule has 0 fully saturated rings. The van der Waals surface area contributed by atoms with Crippen LogP contribution in [0.25, 0.3) is 11.0 Å². The molecular weight excluding hydrogens is 276 g/mol. The lowest BCUT2D eigenvalue weighted by Gasteiger charge is -2.04. The van der Waals surface area contributed by atoms with Crippen LogP contribution in [0.3, 0.4) is 0 Å². The summed E-state index contributed by atoms with van der Waals surface area (Å²) in [5.74, 6) is -1.42. The molecule has 0 saturated heterocycles. The molecule has 1 N–H and O–H groups in total. The van der Waals surface area contributed by atoms with Gasteiger partial charge in [-0.15, -0.1) is 0 Å². The predicted octanol–water partition coefficient (Wildman–Crippen LogP) is 0.830. The third-order valence-corrected chi connectivity index (χ3v) is 2.68. The maximum absolute atomic E-state index is 11.4. The average molecular weight is 284 g/mol. The van der Waals surface area contributed by atoms with Gasteiger partial charge in [0.1, 0.15) is 16.9 Å². The Morgan fingerprint density at radius 3 is 2.58 bits per heavy atom. The van der Waals surface area contributed by atoms with Gasteiger partial charge in [0.05, 0.1) is 6.26 Å².